The van der Waals surface area contributed by atoms with Crippen LogP contribution in [0.15, 0.2) is 176 Å². The largest absolute Gasteiger partial charge is 0.256 e. The van der Waals surface area contributed by atoms with E-state index >= 15 is 0 Å². The number of benzene rings is 6. The number of hydrogen-bond donors (Lipinski definition) is 0. The molecular formula is C49H29N5. The molecule has 5 heterocycles. The number of pyridine rings is 5. The lowest BCUT2D eigenvalue weighted by Gasteiger charge is -2.13. The Balaban J connectivity index is 0.925. The van der Waals surface area contributed by atoms with Crippen LogP contribution in [0.25, 0.3) is 110 Å². The van der Waals surface area contributed by atoms with Crippen molar-refractivity contribution in [2.45, 2.75) is 0 Å². The maximum atomic E-state index is 5.18. The number of hydrogen-bond acceptors (Lipinski definition) is 5. The lowest BCUT2D eigenvalue weighted by atomic mass is 9.95. The van der Waals surface area contributed by atoms with Crippen molar-refractivity contribution in [3.63, 3.8) is 0 Å². The summed E-state index contributed by atoms with van der Waals surface area (Å²) < 4.78 is 0. The van der Waals surface area contributed by atoms with Gasteiger partial charge in [0.25, 0.3) is 0 Å². The fourth-order valence-corrected chi connectivity index (χ4v) is 7.78. The zero-order valence-electron chi connectivity index (χ0n) is 29.0. The first kappa shape index (κ1) is 30.3. The minimum Gasteiger partial charge on any atom is -0.256 e. The van der Waals surface area contributed by atoms with Crippen LogP contribution in [0.2, 0.25) is 0 Å². The number of fused-ring (bicyclic) bond motifs is 7. The quantitative estimate of drug-likeness (QED) is 0.172. The van der Waals surface area contributed by atoms with Crippen LogP contribution in [0.5, 0.6) is 0 Å². The summed E-state index contributed by atoms with van der Waals surface area (Å²) >= 11 is 0. The molecule has 0 spiro atoms. The monoisotopic (exact) mass is 687 g/mol. The molecule has 0 saturated heterocycles. The van der Waals surface area contributed by atoms with Gasteiger partial charge in [0.05, 0.1) is 44.7 Å². The van der Waals surface area contributed by atoms with Crippen LogP contribution in [0, 0.1) is 0 Å². The first-order valence-electron chi connectivity index (χ1n) is 18.1. The van der Waals surface area contributed by atoms with Gasteiger partial charge in [0.15, 0.2) is 0 Å². The van der Waals surface area contributed by atoms with Gasteiger partial charge in [0.1, 0.15) is 0 Å². The van der Waals surface area contributed by atoms with Crippen molar-refractivity contribution < 1.29 is 0 Å². The van der Waals surface area contributed by atoms with Gasteiger partial charge in [0, 0.05) is 56.0 Å². The van der Waals surface area contributed by atoms with Gasteiger partial charge in [-0.05, 0) is 88.6 Å². The minimum atomic E-state index is 0.916. The Kier molecular flexibility index (Phi) is 6.79. The normalized spacial score (nSPS) is 11.7. The van der Waals surface area contributed by atoms with Crippen LogP contribution in [-0.4, -0.2) is 24.9 Å². The first-order valence-corrected chi connectivity index (χ1v) is 18.1. The summed E-state index contributed by atoms with van der Waals surface area (Å²) in [5.74, 6) is 0. The topological polar surface area (TPSA) is 64.5 Å². The molecule has 5 heteroatoms. The van der Waals surface area contributed by atoms with Gasteiger partial charge in [0.2, 0.25) is 0 Å². The molecule has 0 aliphatic heterocycles. The highest BCUT2D eigenvalue weighted by atomic mass is 14.8. The Hall–Kier alpha value is -7.37. The molecule has 11 rings (SSSR count). The second-order valence-corrected chi connectivity index (χ2v) is 13.7. The Morgan fingerprint density at radius 3 is 1.52 bits per heavy atom. The molecule has 0 bridgehead atoms. The second kappa shape index (κ2) is 12.1. The fraction of sp³-hybridized carbons (Fsp3) is 0. The summed E-state index contributed by atoms with van der Waals surface area (Å²) in [4.78, 5) is 24.5. The predicted octanol–water partition coefficient (Wildman–Crippen LogP) is 12.2. The number of nitrogens with zero attached hydrogens (tertiary/aromatic N) is 5. The summed E-state index contributed by atoms with van der Waals surface area (Å²) in [5.41, 5.74) is 13.1. The van der Waals surface area contributed by atoms with Gasteiger partial charge in [-0.2, -0.15) is 0 Å². The van der Waals surface area contributed by atoms with Crippen molar-refractivity contribution >= 4 is 65.3 Å². The predicted molar refractivity (Wildman–Crippen MR) is 222 cm³/mol. The Morgan fingerprint density at radius 1 is 0.296 bits per heavy atom. The van der Waals surface area contributed by atoms with E-state index in [2.05, 4.69) is 162 Å². The van der Waals surface area contributed by atoms with Crippen LogP contribution in [0.3, 0.4) is 0 Å². The van der Waals surface area contributed by atoms with E-state index in [4.69, 9.17) is 15.0 Å². The Morgan fingerprint density at radius 2 is 0.796 bits per heavy atom. The van der Waals surface area contributed by atoms with E-state index in [0.29, 0.717) is 0 Å². The zero-order valence-corrected chi connectivity index (χ0v) is 29.0. The smallest absolute Gasteiger partial charge is 0.0972 e. The molecule has 0 unspecified atom stereocenters. The lowest BCUT2D eigenvalue weighted by Crippen LogP contribution is -1.92. The van der Waals surface area contributed by atoms with Gasteiger partial charge >= 0.3 is 0 Å². The van der Waals surface area contributed by atoms with Gasteiger partial charge in [-0.3, -0.25) is 9.97 Å². The van der Waals surface area contributed by atoms with E-state index < -0.39 is 0 Å². The molecule has 0 saturated carbocycles. The summed E-state index contributed by atoms with van der Waals surface area (Å²) in [5, 5.41) is 7.75. The van der Waals surface area contributed by atoms with E-state index in [-0.39, 0.29) is 0 Å². The SMILES string of the molecule is c1cnc2ccc(-c3ccc4cc(-c5ccc6nc(-c7ccc(-c8ccc9ccc%10cccnc%10c9n8)c8ccccc78)ccc6c5)ccc4n3)cc2c1. The molecule has 0 N–H and O–H groups in total. The molecule has 54 heavy (non-hydrogen) atoms. The maximum absolute atomic E-state index is 5.18. The van der Waals surface area contributed by atoms with E-state index in [9.17, 15) is 0 Å². The lowest BCUT2D eigenvalue weighted by molar-refractivity contribution is 1.37. The maximum Gasteiger partial charge on any atom is 0.0972 e. The van der Waals surface area contributed by atoms with Crippen molar-refractivity contribution in [1.82, 2.24) is 24.9 Å². The number of rotatable bonds is 4. The highest BCUT2D eigenvalue weighted by molar-refractivity contribution is 6.07. The number of aromatic nitrogens is 5. The molecule has 0 atom stereocenters. The average Bonchev–Trinajstić information content (AvgIpc) is 3.25. The van der Waals surface area contributed by atoms with Gasteiger partial charge in [-0.25, -0.2) is 15.0 Å². The highest BCUT2D eigenvalue weighted by Gasteiger charge is 2.14. The molecular weight excluding hydrogens is 659 g/mol. The molecule has 250 valence electrons. The minimum absolute atomic E-state index is 0.916. The molecule has 0 amide bonds. The van der Waals surface area contributed by atoms with Gasteiger partial charge in [-0.15, -0.1) is 0 Å². The Bertz CT molecular complexity index is 3300. The molecule has 11 aromatic rings. The van der Waals surface area contributed by atoms with E-state index in [1.54, 1.807) is 0 Å². The van der Waals surface area contributed by atoms with Crippen LogP contribution < -0.4 is 0 Å². The second-order valence-electron chi connectivity index (χ2n) is 13.7. The summed E-state index contributed by atoms with van der Waals surface area (Å²) in [7, 11) is 0. The first-order chi connectivity index (χ1) is 26.7. The van der Waals surface area contributed by atoms with Crippen molar-refractivity contribution in [2.24, 2.45) is 0 Å². The third kappa shape index (κ3) is 5.06. The highest BCUT2D eigenvalue weighted by Crippen LogP contribution is 2.37. The van der Waals surface area contributed by atoms with Crippen LogP contribution >= 0.6 is 0 Å². The van der Waals surface area contributed by atoms with Crippen molar-refractivity contribution in [3.8, 4) is 44.9 Å². The third-order valence-electron chi connectivity index (χ3n) is 10.5. The van der Waals surface area contributed by atoms with Gasteiger partial charge < -0.3 is 0 Å². The van der Waals surface area contributed by atoms with Crippen LogP contribution in [-0.2, 0) is 0 Å². The summed E-state index contributed by atoms with van der Waals surface area (Å²) in [6.45, 7) is 0. The molecule has 0 aliphatic rings. The molecule has 5 nitrogen and oxygen atoms in total. The Labute approximate surface area is 310 Å². The molecule has 6 aromatic carbocycles. The van der Waals surface area contributed by atoms with E-state index in [1.807, 2.05) is 24.5 Å². The van der Waals surface area contributed by atoms with E-state index in [1.165, 1.54) is 0 Å². The average molecular weight is 688 g/mol. The molecule has 0 aliphatic carbocycles. The summed E-state index contributed by atoms with van der Waals surface area (Å²) in [6.07, 6.45) is 3.66. The molecule has 0 radical (unpaired) electrons. The molecule has 0 fully saturated rings. The standard InChI is InChI=1S/C49H29N5/c1-2-8-39-38(7-1)40(17-18-41(39)47-23-11-31-10-9-30-5-3-26-51-48(30)49(31)54-47)46-24-16-36-28-33(13-21-45(36)53-46)32-12-20-43-35(27-32)15-22-44(52-43)37-14-19-42-34(29-37)6-4-25-50-42/h1-29H. The van der Waals surface area contributed by atoms with Crippen LogP contribution in [0.1, 0.15) is 0 Å². The summed E-state index contributed by atoms with van der Waals surface area (Å²) in [6, 6.07) is 57.4. The van der Waals surface area contributed by atoms with Crippen molar-refractivity contribution in [1.29, 1.82) is 0 Å². The van der Waals surface area contributed by atoms with Crippen molar-refractivity contribution in [2.75, 3.05) is 0 Å². The molecule has 5 aromatic heterocycles. The van der Waals surface area contributed by atoms with Crippen LogP contribution in [0.4, 0.5) is 0 Å². The van der Waals surface area contributed by atoms with Gasteiger partial charge in [-0.1, -0.05) is 97.1 Å². The van der Waals surface area contributed by atoms with E-state index in [0.717, 1.165) is 110 Å². The van der Waals surface area contributed by atoms with Crippen molar-refractivity contribution in [3.05, 3.63) is 176 Å². The third-order valence-corrected chi connectivity index (χ3v) is 10.5. The fourth-order valence-electron chi connectivity index (χ4n) is 7.78. The zero-order chi connectivity index (χ0) is 35.6.